The fourth-order valence-corrected chi connectivity index (χ4v) is 1.93. The summed E-state index contributed by atoms with van der Waals surface area (Å²) in [5.41, 5.74) is 0.587. The summed E-state index contributed by atoms with van der Waals surface area (Å²) in [7, 11) is 1.37. The summed E-state index contributed by atoms with van der Waals surface area (Å²) in [5, 5.41) is 9.63. The summed E-state index contributed by atoms with van der Waals surface area (Å²) in [4.78, 5) is 3.58. The lowest BCUT2D eigenvalue weighted by molar-refractivity contribution is -0.147. The van der Waals surface area contributed by atoms with E-state index in [1.54, 1.807) is 12.1 Å². The number of aromatic nitrogens is 2. The smallest absolute Gasteiger partial charge is 0.389 e. The van der Waals surface area contributed by atoms with Gasteiger partial charge in [-0.3, -0.25) is 0 Å². The Morgan fingerprint density at radius 2 is 2.05 bits per heavy atom. The number of ether oxygens (including phenoxy) is 1. The van der Waals surface area contributed by atoms with Gasteiger partial charge in [0.25, 0.3) is 0 Å². The molecule has 1 N–H and O–H groups in total. The molecule has 0 fully saturated rings. The van der Waals surface area contributed by atoms with Gasteiger partial charge < -0.3 is 14.4 Å². The van der Waals surface area contributed by atoms with Crippen LogP contribution in [0.25, 0.3) is 11.0 Å². The summed E-state index contributed by atoms with van der Waals surface area (Å²) >= 11 is 0. The topological polar surface area (TPSA) is 47.3 Å². The second kappa shape index (κ2) is 5.18. The average molecular weight is 274 g/mol. The normalized spacial score (nSPS) is 13.9. The van der Waals surface area contributed by atoms with Gasteiger partial charge in [0.05, 0.1) is 30.3 Å². The molecule has 2 aromatic rings. The van der Waals surface area contributed by atoms with E-state index in [1.807, 2.05) is 0 Å². The van der Waals surface area contributed by atoms with E-state index in [0.717, 1.165) is 4.57 Å². The quantitative estimate of drug-likeness (QED) is 0.928. The molecule has 0 saturated carbocycles. The maximum absolute atomic E-state index is 12.9. The second-order valence-corrected chi connectivity index (χ2v) is 4.14. The third-order valence-electron chi connectivity index (χ3n) is 2.66. The number of imidazole rings is 1. The molecular weight excluding hydrogens is 261 g/mol. The highest BCUT2D eigenvalue weighted by atomic mass is 19.4. The molecule has 7 heteroatoms. The van der Waals surface area contributed by atoms with E-state index >= 15 is 0 Å². The van der Waals surface area contributed by atoms with E-state index in [2.05, 4.69) is 4.98 Å². The summed E-state index contributed by atoms with van der Waals surface area (Å²) < 4.78 is 44.5. The minimum absolute atomic E-state index is 0.0379. The number of nitrogens with zero attached hydrogens (tertiary/aromatic N) is 2. The van der Waals surface area contributed by atoms with Gasteiger partial charge in [-0.15, -0.1) is 0 Å². The van der Waals surface area contributed by atoms with Crippen molar-refractivity contribution in [2.24, 2.45) is 0 Å². The van der Waals surface area contributed by atoms with Gasteiger partial charge in [0.2, 0.25) is 5.82 Å². The Kier molecular flexibility index (Phi) is 3.77. The molecule has 1 unspecified atom stereocenters. The fourth-order valence-electron chi connectivity index (χ4n) is 1.93. The van der Waals surface area contributed by atoms with Gasteiger partial charge in [0.15, 0.2) is 0 Å². The van der Waals surface area contributed by atoms with Gasteiger partial charge in [0, 0.05) is 7.11 Å². The summed E-state index contributed by atoms with van der Waals surface area (Å²) in [6, 6.07) is 6.29. The number of benzene rings is 1. The number of alkyl halides is 3. The predicted octanol–water partition coefficient (Wildman–Crippen LogP) is 2.06. The number of fused-ring (bicyclic) bond motifs is 1. The Hall–Kier alpha value is -1.60. The number of hydrogen-bond donors (Lipinski definition) is 1. The van der Waals surface area contributed by atoms with Crippen molar-refractivity contribution in [2.75, 3.05) is 13.7 Å². The number of aliphatic hydroxyl groups is 1. The van der Waals surface area contributed by atoms with Crippen LogP contribution < -0.4 is 0 Å². The molecule has 104 valence electrons. The van der Waals surface area contributed by atoms with E-state index in [4.69, 9.17) is 4.74 Å². The first-order valence-corrected chi connectivity index (χ1v) is 5.63. The van der Waals surface area contributed by atoms with Crippen molar-refractivity contribution in [2.45, 2.75) is 18.8 Å². The van der Waals surface area contributed by atoms with Crippen LogP contribution in [-0.4, -0.2) is 34.5 Å². The number of methoxy groups -OCH3 is 1. The van der Waals surface area contributed by atoms with Gasteiger partial charge in [0.1, 0.15) is 0 Å². The number of halogens is 3. The van der Waals surface area contributed by atoms with Crippen LogP contribution in [0.5, 0.6) is 0 Å². The molecule has 0 amide bonds. The highest BCUT2D eigenvalue weighted by Gasteiger charge is 2.37. The number of para-hydroxylation sites is 2. The monoisotopic (exact) mass is 274 g/mol. The van der Waals surface area contributed by atoms with Crippen LogP contribution in [-0.2, 0) is 17.5 Å². The van der Waals surface area contributed by atoms with Gasteiger partial charge in [-0.1, -0.05) is 12.1 Å². The van der Waals surface area contributed by atoms with Crippen LogP contribution in [0.15, 0.2) is 24.3 Å². The lowest BCUT2D eigenvalue weighted by Crippen LogP contribution is -2.25. The summed E-state index contributed by atoms with van der Waals surface area (Å²) in [5.74, 6) is -1.01. The lowest BCUT2D eigenvalue weighted by Gasteiger charge is -2.15. The first-order valence-electron chi connectivity index (χ1n) is 5.63. The minimum Gasteiger partial charge on any atom is -0.389 e. The first-order chi connectivity index (χ1) is 8.93. The molecule has 1 aromatic heterocycles. The van der Waals surface area contributed by atoms with Crippen molar-refractivity contribution in [3.8, 4) is 0 Å². The highest BCUT2D eigenvalue weighted by molar-refractivity contribution is 5.76. The third kappa shape index (κ3) is 2.87. The molecule has 0 aliphatic carbocycles. The maximum Gasteiger partial charge on any atom is 0.449 e. The van der Waals surface area contributed by atoms with Crippen molar-refractivity contribution in [1.29, 1.82) is 0 Å². The zero-order valence-electron chi connectivity index (χ0n) is 10.2. The standard InChI is InChI=1S/C12H13F3N2O2/c1-19-7-8(18)6-17-10-5-3-2-4-9(10)16-11(17)12(13,14)15/h2-5,8,18H,6-7H2,1H3. The minimum atomic E-state index is -4.56. The van der Waals surface area contributed by atoms with Crippen LogP contribution in [0.4, 0.5) is 13.2 Å². The summed E-state index contributed by atoms with van der Waals surface area (Å²) in [6.07, 6.45) is -5.59. The van der Waals surface area contributed by atoms with Crippen molar-refractivity contribution >= 4 is 11.0 Å². The number of aliphatic hydroxyl groups excluding tert-OH is 1. The molecule has 0 radical (unpaired) electrons. The van der Waals surface area contributed by atoms with Crippen LogP contribution in [0, 0.1) is 0 Å². The molecule has 1 heterocycles. The lowest BCUT2D eigenvalue weighted by atomic mass is 10.3. The number of hydrogen-bond acceptors (Lipinski definition) is 3. The van der Waals surface area contributed by atoms with Gasteiger partial charge >= 0.3 is 6.18 Å². The van der Waals surface area contributed by atoms with Crippen molar-refractivity contribution in [3.05, 3.63) is 30.1 Å². The maximum atomic E-state index is 12.9. The third-order valence-corrected chi connectivity index (χ3v) is 2.66. The van der Waals surface area contributed by atoms with E-state index in [0.29, 0.717) is 5.52 Å². The predicted molar refractivity (Wildman–Crippen MR) is 62.6 cm³/mol. The molecule has 1 aromatic carbocycles. The van der Waals surface area contributed by atoms with Gasteiger partial charge in [-0.25, -0.2) is 4.98 Å². The fraction of sp³-hybridized carbons (Fsp3) is 0.417. The Bertz CT molecular complexity index is 566. The van der Waals surface area contributed by atoms with Gasteiger partial charge in [-0.2, -0.15) is 13.2 Å². The molecular formula is C12H13F3N2O2. The van der Waals surface area contributed by atoms with Crippen LogP contribution >= 0.6 is 0 Å². The zero-order chi connectivity index (χ0) is 14.0. The van der Waals surface area contributed by atoms with Crippen LogP contribution in [0.3, 0.4) is 0 Å². The second-order valence-electron chi connectivity index (χ2n) is 4.14. The Balaban J connectivity index is 2.49. The van der Waals surface area contributed by atoms with E-state index in [1.165, 1.54) is 19.2 Å². The highest BCUT2D eigenvalue weighted by Crippen LogP contribution is 2.31. The summed E-state index contributed by atoms with van der Waals surface area (Å²) in [6.45, 7) is -0.257. The first kappa shape index (κ1) is 13.8. The molecule has 19 heavy (non-hydrogen) atoms. The molecule has 0 saturated heterocycles. The van der Waals surface area contributed by atoms with E-state index in [9.17, 15) is 18.3 Å². The van der Waals surface area contributed by atoms with Crippen LogP contribution in [0.1, 0.15) is 5.82 Å². The van der Waals surface area contributed by atoms with E-state index in [-0.39, 0.29) is 18.7 Å². The number of rotatable bonds is 4. The van der Waals surface area contributed by atoms with Crippen LogP contribution in [0.2, 0.25) is 0 Å². The SMILES string of the molecule is COCC(O)Cn1c(C(F)(F)F)nc2ccccc21. The Morgan fingerprint density at radius 3 is 2.68 bits per heavy atom. The Labute approximate surface area is 107 Å². The van der Waals surface area contributed by atoms with Crippen molar-refractivity contribution in [3.63, 3.8) is 0 Å². The molecule has 1 atom stereocenters. The molecule has 0 aliphatic heterocycles. The molecule has 2 rings (SSSR count). The molecule has 0 spiro atoms. The molecule has 0 bridgehead atoms. The Morgan fingerprint density at radius 1 is 1.37 bits per heavy atom. The molecule has 4 nitrogen and oxygen atoms in total. The van der Waals surface area contributed by atoms with Crippen molar-refractivity contribution < 1.29 is 23.0 Å². The van der Waals surface area contributed by atoms with Gasteiger partial charge in [-0.05, 0) is 12.1 Å². The van der Waals surface area contributed by atoms with Crippen molar-refractivity contribution in [1.82, 2.24) is 9.55 Å². The van der Waals surface area contributed by atoms with E-state index < -0.39 is 18.1 Å². The molecule has 0 aliphatic rings. The average Bonchev–Trinajstić information content (AvgIpc) is 2.69. The largest absolute Gasteiger partial charge is 0.449 e. The zero-order valence-corrected chi connectivity index (χ0v) is 10.2.